The van der Waals surface area contributed by atoms with Gasteiger partial charge in [-0.2, -0.15) is 0 Å². The van der Waals surface area contributed by atoms with E-state index in [0.717, 1.165) is 33.0 Å². The van der Waals surface area contributed by atoms with Gasteiger partial charge in [0.1, 0.15) is 17.0 Å². The van der Waals surface area contributed by atoms with E-state index in [2.05, 4.69) is 0 Å². The van der Waals surface area contributed by atoms with Crippen LogP contribution in [0.4, 0.5) is 4.39 Å². The number of benzene rings is 2. The molecule has 0 N–H and O–H groups in total. The van der Waals surface area contributed by atoms with Crippen molar-refractivity contribution in [2.45, 2.75) is 20.8 Å². The lowest BCUT2D eigenvalue weighted by Gasteiger charge is -2.07. The van der Waals surface area contributed by atoms with Gasteiger partial charge in [-0.25, -0.2) is 9.18 Å². The minimum absolute atomic E-state index is 0.276. The molecule has 2 aromatic carbocycles. The zero-order valence-electron chi connectivity index (χ0n) is 13.6. The topological polar surface area (TPSA) is 43.4 Å². The Morgan fingerprint density at radius 2 is 1.67 bits per heavy atom. The molecule has 0 atom stereocenters. The van der Waals surface area contributed by atoms with Gasteiger partial charge in [-0.15, -0.1) is 0 Å². The van der Waals surface area contributed by atoms with E-state index in [9.17, 15) is 9.18 Å². The summed E-state index contributed by atoms with van der Waals surface area (Å²) < 4.78 is 24.5. The Morgan fingerprint density at radius 1 is 0.958 bits per heavy atom. The predicted octanol–water partition coefficient (Wildman–Crippen LogP) is 5.27. The van der Waals surface area contributed by atoms with Crippen LogP contribution in [0.25, 0.3) is 33.1 Å². The zero-order valence-corrected chi connectivity index (χ0v) is 13.6. The van der Waals surface area contributed by atoms with Crippen molar-refractivity contribution in [1.82, 2.24) is 0 Å². The molecular weight excluding hydrogens is 307 g/mol. The highest BCUT2D eigenvalue weighted by Crippen LogP contribution is 2.38. The standard InChI is InChI=1S/C20H15FO3/c1-10-8-16-18(11(2)12(3)20(22)24-16)19-17(10)15(9-23-19)13-4-6-14(21)7-5-13/h4-9H,1-3H3. The van der Waals surface area contributed by atoms with Crippen LogP contribution in [0.1, 0.15) is 16.7 Å². The van der Waals surface area contributed by atoms with Crippen molar-refractivity contribution in [2.24, 2.45) is 0 Å². The number of hydrogen-bond donors (Lipinski definition) is 0. The second kappa shape index (κ2) is 5.06. The maximum absolute atomic E-state index is 13.2. The molecule has 0 saturated carbocycles. The molecule has 2 heterocycles. The third-order valence-corrected chi connectivity index (χ3v) is 4.61. The van der Waals surface area contributed by atoms with E-state index < -0.39 is 0 Å². The third kappa shape index (κ3) is 1.99. The molecule has 3 nitrogen and oxygen atoms in total. The highest BCUT2D eigenvalue weighted by Gasteiger charge is 2.18. The highest BCUT2D eigenvalue weighted by molar-refractivity contribution is 6.10. The Labute approximate surface area is 137 Å². The Hall–Kier alpha value is -2.88. The zero-order chi connectivity index (χ0) is 17.0. The van der Waals surface area contributed by atoms with Crippen LogP contribution in [0, 0.1) is 26.6 Å². The fourth-order valence-corrected chi connectivity index (χ4v) is 3.18. The largest absolute Gasteiger partial charge is 0.463 e. The van der Waals surface area contributed by atoms with Crippen LogP contribution in [0.3, 0.4) is 0 Å². The van der Waals surface area contributed by atoms with Crippen LogP contribution in [-0.2, 0) is 0 Å². The van der Waals surface area contributed by atoms with Gasteiger partial charge < -0.3 is 8.83 Å². The summed E-state index contributed by atoms with van der Waals surface area (Å²) in [6.45, 7) is 5.58. The smallest absolute Gasteiger partial charge is 0.339 e. The summed E-state index contributed by atoms with van der Waals surface area (Å²) in [5.74, 6) is -0.276. The molecule has 0 amide bonds. The van der Waals surface area contributed by atoms with E-state index in [4.69, 9.17) is 8.83 Å². The van der Waals surface area contributed by atoms with Crippen LogP contribution < -0.4 is 5.63 Å². The second-order valence-corrected chi connectivity index (χ2v) is 6.07. The number of rotatable bonds is 1. The molecule has 0 fully saturated rings. The van der Waals surface area contributed by atoms with Crippen LogP contribution in [-0.4, -0.2) is 0 Å². The minimum Gasteiger partial charge on any atom is -0.463 e. The maximum Gasteiger partial charge on any atom is 0.339 e. The normalized spacial score (nSPS) is 11.5. The molecule has 0 unspecified atom stereocenters. The summed E-state index contributed by atoms with van der Waals surface area (Å²) in [6, 6.07) is 8.17. The maximum atomic E-state index is 13.2. The van der Waals surface area contributed by atoms with Crippen molar-refractivity contribution in [3.05, 3.63) is 69.5 Å². The Kier molecular flexibility index (Phi) is 3.10. The molecular formula is C20H15FO3. The van der Waals surface area contributed by atoms with Crippen LogP contribution >= 0.6 is 0 Å². The Bertz CT molecular complexity index is 1150. The molecule has 0 radical (unpaired) electrons. The number of furan rings is 1. The molecule has 120 valence electrons. The van der Waals surface area contributed by atoms with Gasteiger partial charge in [0.25, 0.3) is 0 Å². The first-order valence-corrected chi connectivity index (χ1v) is 7.68. The monoisotopic (exact) mass is 322 g/mol. The molecule has 4 heteroatoms. The Balaban J connectivity index is 2.14. The van der Waals surface area contributed by atoms with Gasteiger partial charge in [-0.3, -0.25) is 0 Å². The summed E-state index contributed by atoms with van der Waals surface area (Å²) in [5.41, 5.74) is 5.03. The molecule has 0 saturated heterocycles. The van der Waals surface area contributed by atoms with E-state index in [1.54, 1.807) is 25.3 Å². The summed E-state index contributed by atoms with van der Waals surface area (Å²) in [6.07, 6.45) is 1.67. The molecule has 4 aromatic rings. The molecule has 4 rings (SSSR count). The van der Waals surface area contributed by atoms with E-state index in [0.29, 0.717) is 16.7 Å². The first-order chi connectivity index (χ1) is 11.5. The number of halogens is 1. The van der Waals surface area contributed by atoms with Gasteiger partial charge in [-0.1, -0.05) is 12.1 Å². The fourth-order valence-electron chi connectivity index (χ4n) is 3.18. The average Bonchev–Trinajstić information content (AvgIpc) is 2.99. The summed E-state index contributed by atoms with van der Waals surface area (Å²) in [7, 11) is 0. The molecule has 2 aromatic heterocycles. The summed E-state index contributed by atoms with van der Waals surface area (Å²) >= 11 is 0. The van der Waals surface area contributed by atoms with Crippen LogP contribution in [0.2, 0.25) is 0 Å². The third-order valence-electron chi connectivity index (χ3n) is 4.61. The van der Waals surface area contributed by atoms with Crippen molar-refractivity contribution in [3.63, 3.8) is 0 Å². The Morgan fingerprint density at radius 3 is 2.38 bits per heavy atom. The van der Waals surface area contributed by atoms with Gasteiger partial charge in [0, 0.05) is 16.5 Å². The lowest BCUT2D eigenvalue weighted by Crippen LogP contribution is -2.05. The van der Waals surface area contributed by atoms with Gasteiger partial charge in [0.15, 0.2) is 0 Å². The lowest BCUT2D eigenvalue weighted by atomic mass is 9.97. The van der Waals surface area contributed by atoms with E-state index in [1.807, 2.05) is 19.9 Å². The van der Waals surface area contributed by atoms with Gasteiger partial charge in [0.05, 0.1) is 11.6 Å². The SMILES string of the molecule is Cc1c(C)c2c(cc(C)c3c(-c4ccc(F)cc4)coc32)oc1=O. The fraction of sp³-hybridized carbons (Fsp3) is 0.150. The van der Waals surface area contributed by atoms with Gasteiger partial charge >= 0.3 is 5.63 Å². The molecule has 0 bridgehead atoms. The summed E-state index contributed by atoms with van der Waals surface area (Å²) in [4.78, 5) is 11.9. The molecule has 0 aliphatic carbocycles. The number of aryl methyl sites for hydroxylation is 2. The van der Waals surface area contributed by atoms with Crippen molar-refractivity contribution in [2.75, 3.05) is 0 Å². The van der Waals surface area contributed by atoms with Crippen molar-refractivity contribution >= 4 is 21.9 Å². The molecule has 0 aliphatic heterocycles. The lowest BCUT2D eigenvalue weighted by molar-refractivity contribution is 0.552. The van der Waals surface area contributed by atoms with E-state index in [-0.39, 0.29) is 11.4 Å². The van der Waals surface area contributed by atoms with E-state index in [1.165, 1.54) is 12.1 Å². The van der Waals surface area contributed by atoms with Crippen LogP contribution in [0.5, 0.6) is 0 Å². The molecule has 0 aliphatic rings. The second-order valence-electron chi connectivity index (χ2n) is 6.07. The van der Waals surface area contributed by atoms with Crippen LogP contribution in [0.15, 0.2) is 50.2 Å². The van der Waals surface area contributed by atoms with Gasteiger partial charge in [-0.05, 0) is 55.7 Å². The van der Waals surface area contributed by atoms with Crippen molar-refractivity contribution < 1.29 is 13.2 Å². The predicted molar refractivity (Wildman–Crippen MR) is 91.9 cm³/mol. The highest BCUT2D eigenvalue weighted by atomic mass is 19.1. The molecule has 24 heavy (non-hydrogen) atoms. The quantitative estimate of drug-likeness (QED) is 0.448. The van der Waals surface area contributed by atoms with Crippen molar-refractivity contribution in [1.29, 1.82) is 0 Å². The average molecular weight is 322 g/mol. The van der Waals surface area contributed by atoms with E-state index >= 15 is 0 Å². The first kappa shape index (κ1) is 14.7. The van der Waals surface area contributed by atoms with Crippen molar-refractivity contribution in [3.8, 4) is 11.1 Å². The number of fused-ring (bicyclic) bond motifs is 3. The summed E-state index contributed by atoms with van der Waals surface area (Å²) in [5, 5.41) is 1.76. The van der Waals surface area contributed by atoms with Gasteiger partial charge in [0.2, 0.25) is 0 Å². The minimum atomic E-state index is -0.330. The number of hydrogen-bond acceptors (Lipinski definition) is 3. The molecule has 0 spiro atoms. The first-order valence-electron chi connectivity index (χ1n) is 7.68.